The molecule has 0 aromatic carbocycles. The molecule has 0 aromatic rings. The molecule has 0 radical (unpaired) electrons. The molecule has 8 atom stereocenters. The summed E-state index contributed by atoms with van der Waals surface area (Å²) in [7, 11) is 0. The zero-order valence-corrected chi connectivity index (χ0v) is 22.1. The van der Waals surface area contributed by atoms with Gasteiger partial charge < -0.3 is 9.84 Å². The summed E-state index contributed by atoms with van der Waals surface area (Å²) in [6.45, 7) is 15.0. The SMILES string of the molecule is CC(C)=C[C@H]1C2C(C)=CC[C@]34CC[C@H]5C(C)(C)CCC[C@]56C[C@]23[C@@](O)(O6)C(=O)[C@@]1(C(C)C)C4=O. The summed E-state index contributed by atoms with van der Waals surface area (Å²) in [6, 6.07) is 0. The van der Waals surface area contributed by atoms with Crippen LogP contribution in [0.15, 0.2) is 23.3 Å². The van der Waals surface area contributed by atoms with Crippen LogP contribution in [0.25, 0.3) is 0 Å². The predicted octanol–water partition coefficient (Wildman–Crippen LogP) is 5.78. The number of aliphatic hydroxyl groups is 1. The van der Waals surface area contributed by atoms with E-state index in [9.17, 15) is 14.7 Å². The Hall–Kier alpha value is -1.26. The van der Waals surface area contributed by atoms with E-state index in [-0.39, 0.29) is 40.7 Å². The first-order chi connectivity index (χ1) is 15.8. The molecule has 34 heavy (non-hydrogen) atoms. The zero-order valence-electron chi connectivity index (χ0n) is 22.1. The van der Waals surface area contributed by atoms with E-state index in [0.29, 0.717) is 12.8 Å². The largest absolute Gasteiger partial charge is 0.359 e. The number of carbonyl (C=O) groups excluding carboxylic acids is 2. The topological polar surface area (TPSA) is 63.6 Å². The molecule has 1 aliphatic heterocycles. The molecule has 0 amide bonds. The van der Waals surface area contributed by atoms with Gasteiger partial charge in [-0.05, 0) is 82.5 Å². The molecule has 1 saturated heterocycles. The van der Waals surface area contributed by atoms with E-state index in [4.69, 9.17) is 4.74 Å². The molecule has 6 fully saturated rings. The second-order valence-electron chi connectivity index (χ2n) is 14.1. The van der Waals surface area contributed by atoms with Gasteiger partial charge in [0.15, 0.2) is 5.78 Å². The summed E-state index contributed by atoms with van der Waals surface area (Å²) in [5.41, 5.74) is -0.952. The fourth-order valence-electron chi connectivity index (χ4n) is 10.9. The highest BCUT2D eigenvalue weighted by molar-refractivity contribution is 6.18. The maximum atomic E-state index is 15.0. The van der Waals surface area contributed by atoms with Crippen molar-refractivity contribution in [3.05, 3.63) is 23.3 Å². The van der Waals surface area contributed by atoms with Crippen molar-refractivity contribution in [3.63, 3.8) is 0 Å². The van der Waals surface area contributed by atoms with Crippen molar-refractivity contribution < 1.29 is 19.4 Å². The predicted molar refractivity (Wildman–Crippen MR) is 131 cm³/mol. The first kappa shape index (κ1) is 23.2. The van der Waals surface area contributed by atoms with Crippen LogP contribution < -0.4 is 0 Å². The molecule has 1 unspecified atom stereocenters. The molecule has 1 N–H and O–H groups in total. The van der Waals surface area contributed by atoms with Gasteiger partial charge in [-0.2, -0.15) is 0 Å². The van der Waals surface area contributed by atoms with Gasteiger partial charge in [0.1, 0.15) is 5.41 Å². The number of allylic oxidation sites excluding steroid dienone is 4. The van der Waals surface area contributed by atoms with Crippen molar-refractivity contribution in [2.45, 2.75) is 105 Å². The highest BCUT2D eigenvalue weighted by Gasteiger charge is 2.92. The first-order valence-electron chi connectivity index (χ1n) is 13.6. The van der Waals surface area contributed by atoms with E-state index in [1.165, 1.54) is 5.57 Å². The van der Waals surface area contributed by atoms with Crippen molar-refractivity contribution in [1.29, 1.82) is 0 Å². The summed E-state index contributed by atoms with van der Waals surface area (Å²) in [4.78, 5) is 29.7. The van der Waals surface area contributed by atoms with Gasteiger partial charge in [0.05, 0.1) is 11.0 Å². The molecule has 2 spiro atoms. The van der Waals surface area contributed by atoms with Gasteiger partial charge in [0.25, 0.3) is 0 Å². The lowest BCUT2D eigenvalue weighted by Gasteiger charge is -2.72. The minimum absolute atomic E-state index is 0.0536. The number of ketones is 2. The monoisotopic (exact) mass is 466 g/mol. The maximum Gasteiger partial charge on any atom is 0.235 e. The Balaban J connectivity index is 1.73. The summed E-state index contributed by atoms with van der Waals surface area (Å²) in [5, 5.41) is 12.7. The van der Waals surface area contributed by atoms with E-state index in [1.54, 1.807) is 0 Å². The minimum atomic E-state index is -1.89. The van der Waals surface area contributed by atoms with Crippen molar-refractivity contribution in [1.82, 2.24) is 0 Å². The fraction of sp³-hybridized carbons (Fsp3) is 0.800. The number of rotatable bonds is 2. The average molecular weight is 467 g/mol. The molecule has 5 bridgehead atoms. The van der Waals surface area contributed by atoms with Crippen molar-refractivity contribution in [2.24, 2.45) is 45.3 Å². The smallest absolute Gasteiger partial charge is 0.235 e. The van der Waals surface area contributed by atoms with Gasteiger partial charge in [-0.25, -0.2) is 0 Å². The summed E-state index contributed by atoms with van der Waals surface area (Å²) in [5.74, 6) is -2.34. The van der Waals surface area contributed by atoms with Crippen molar-refractivity contribution >= 4 is 11.6 Å². The molecular weight excluding hydrogens is 424 g/mol. The van der Waals surface area contributed by atoms with E-state index >= 15 is 0 Å². The Morgan fingerprint density at radius 1 is 1.15 bits per heavy atom. The number of hydrogen-bond acceptors (Lipinski definition) is 4. The maximum absolute atomic E-state index is 15.0. The molecule has 4 heteroatoms. The van der Waals surface area contributed by atoms with E-state index in [1.807, 2.05) is 13.8 Å². The molecule has 0 aromatic heterocycles. The second-order valence-corrected chi connectivity index (χ2v) is 14.1. The van der Waals surface area contributed by atoms with Crippen LogP contribution in [-0.2, 0) is 14.3 Å². The van der Waals surface area contributed by atoms with Crippen LogP contribution >= 0.6 is 0 Å². The van der Waals surface area contributed by atoms with Gasteiger partial charge in [-0.15, -0.1) is 0 Å². The number of ether oxygens (including phenoxy) is 1. The number of Topliss-reactive ketones (excluding diaryl/α,β-unsaturated/α-hetero) is 2. The van der Waals surface area contributed by atoms with Crippen LogP contribution in [0.3, 0.4) is 0 Å². The molecule has 6 aliphatic carbocycles. The lowest BCUT2D eigenvalue weighted by atomic mass is 9.28. The Labute approximate surface area is 204 Å². The van der Waals surface area contributed by atoms with Crippen molar-refractivity contribution in [3.8, 4) is 0 Å². The molecule has 7 rings (SSSR count). The minimum Gasteiger partial charge on any atom is -0.359 e. The van der Waals surface area contributed by atoms with E-state index < -0.39 is 27.6 Å². The van der Waals surface area contributed by atoms with Gasteiger partial charge in [0.2, 0.25) is 11.6 Å². The summed E-state index contributed by atoms with van der Waals surface area (Å²) < 4.78 is 6.95. The van der Waals surface area contributed by atoms with E-state index in [0.717, 1.165) is 37.7 Å². The number of hydrogen-bond donors (Lipinski definition) is 1. The Bertz CT molecular complexity index is 1060. The fourth-order valence-corrected chi connectivity index (χ4v) is 10.9. The summed E-state index contributed by atoms with van der Waals surface area (Å²) in [6.07, 6.45) is 10.5. The molecule has 4 nitrogen and oxygen atoms in total. The molecule has 186 valence electrons. The van der Waals surface area contributed by atoms with Gasteiger partial charge >= 0.3 is 0 Å². The quantitative estimate of drug-likeness (QED) is 0.414. The highest BCUT2D eigenvalue weighted by Crippen LogP contribution is 2.84. The van der Waals surface area contributed by atoms with Crippen LogP contribution in [0, 0.1) is 45.3 Å². The van der Waals surface area contributed by atoms with Gasteiger partial charge in [-0.1, -0.05) is 57.4 Å². The van der Waals surface area contributed by atoms with Crippen LogP contribution in [0.5, 0.6) is 0 Å². The lowest BCUT2D eigenvalue weighted by Crippen LogP contribution is -2.84. The Morgan fingerprint density at radius 2 is 1.85 bits per heavy atom. The van der Waals surface area contributed by atoms with Crippen LogP contribution in [-0.4, -0.2) is 28.1 Å². The highest BCUT2D eigenvalue weighted by atomic mass is 16.7. The third-order valence-electron chi connectivity index (χ3n) is 11.8. The Kier molecular flexibility index (Phi) is 4.32. The molecule has 5 saturated carbocycles. The molecular formula is C30H42O4. The zero-order chi connectivity index (χ0) is 24.7. The average Bonchev–Trinajstić information content (AvgIpc) is 2.89. The third kappa shape index (κ3) is 2.07. The van der Waals surface area contributed by atoms with Gasteiger partial charge in [0, 0.05) is 11.3 Å². The van der Waals surface area contributed by atoms with Crippen molar-refractivity contribution in [2.75, 3.05) is 0 Å². The summed E-state index contributed by atoms with van der Waals surface area (Å²) >= 11 is 0. The molecule has 7 aliphatic rings. The van der Waals surface area contributed by atoms with Crippen LogP contribution in [0.4, 0.5) is 0 Å². The normalized spacial score (nSPS) is 52.3. The lowest BCUT2D eigenvalue weighted by molar-refractivity contribution is -0.328. The van der Waals surface area contributed by atoms with E-state index in [2.05, 4.69) is 46.8 Å². The molecule has 1 heterocycles. The van der Waals surface area contributed by atoms with Gasteiger partial charge in [-0.3, -0.25) is 9.59 Å². The van der Waals surface area contributed by atoms with Crippen LogP contribution in [0.1, 0.15) is 93.4 Å². The second kappa shape index (κ2) is 6.35. The number of carbonyl (C=O) groups is 2. The third-order valence-corrected chi connectivity index (χ3v) is 11.8. The first-order valence-corrected chi connectivity index (χ1v) is 13.6. The standard InChI is InChI=1S/C30H42O4/c1-17(2)15-20-22-19(5)9-13-26-14-10-21-25(6,7)11-8-12-27(21)16-28(22,26)30(33,34-27)24(32)29(20,18(3)4)23(26)31/h9,15,18,20-22,33H,8,10-14,16H2,1-7H3/t20-,21-,22?,26+,27-,28-,29+,30-/m0/s1. The van der Waals surface area contributed by atoms with Crippen LogP contribution in [0.2, 0.25) is 0 Å². The Morgan fingerprint density at radius 3 is 2.50 bits per heavy atom.